The van der Waals surface area contributed by atoms with Gasteiger partial charge in [0.1, 0.15) is 0 Å². The van der Waals surface area contributed by atoms with Crippen molar-refractivity contribution >= 4 is 6.03 Å². The first kappa shape index (κ1) is 15.3. The van der Waals surface area contributed by atoms with E-state index in [2.05, 4.69) is 39.8 Å². The van der Waals surface area contributed by atoms with E-state index in [-0.39, 0.29) is 12.1 Å². The van der Waals surface area contributed by atoms with Crippen molar-refractivity contribution in [1.29, 1.82) is 0 Å². The number of likely N-dealkylation sites (N-methyl/N-ethyl adjacent to an activating group) is 2. The highest BCUT2D eigenvalue weighted by Crippen LogP contribution is 2.17. The highest BCUT2D eigenvalue weighted by atomic mass is 16.2. The average Bonchev–Trinajstić information content (AvgIpc) is 2.28. The maximum absolute atomic E-state index is 12.5. The molecule has 1 saturated heterocycles. The molecule has 0 bridgehead atoms. The molecule has 2 atom stereocenters. The van der Waals surface area contributed by atoms with E-state index in [4.69, 9.17) is 0 Å². The second-order valence-electron chi connectivity index (χ2n) is 5.87. The Morgan fingerprint density at radius 2 is 2.11 bits per heavy atom. The van der Waals surface area contributed by atoms with Gasteiger partial charge in [-0.3, -0.25) is 0 Å². The van der Waals surface area contributed by atoms with Gasteiger partial charge in [-0.2, -0.15) is 0 Å². The molecule has 1 fully saturated rings. The van der Waals surface area contributed by atoms with Gasteiger partial charge < -0.3 is 14.7 Å². The summed E-state index contributed by atoms with van der Waals surface area (Å²) in [6.45, 7) is 9.99. The third kappa shape index (κ3) is 4.16. The average molecular weight is 255 g/mol. The molecule has 1 aliphatic rings. The van der Waals surface area contributed by atoms with Crippen LogP contribution in [0.2, 0.25) is 0 Å². The monoisotopic (exact) mass is 255 g/mol. The highest BCUT2D eigenvalue weighted by molar-refractivity contribution is 5.74. The van der Waals surface area contributed by atoms with Gasteiger partial charge in [0.25, 0.3) is 0 Å². The van der Waals surface area contributed by atoms with Gasteiger partial charge in [0.05, 0.1) is 0 Å². The zero-order valence-corrected chi connectivity index (χ0v) is 12.6. The van der Waals surface area contributed by atoms with Crippen molar-refractivity contribution in [1.82, 2.24) is 14.7 Å². The summed E-state index contributed by atoms with van der Waals surface area (Å²) in [5.74, 6) is 0.644. The Balaban J connectivity index is 2.60. The number of carbonyl (C=O) groups excluding carboxylic acids is 1. The van der Waals surface area contributed by atoms with Crippen LogP contribution in [0.15, 0.2) is 0 Å². The molecule has 0 aromatic heterocycles. The first-order valence-corrected chi connectivity index (χ1v) is 7.16. The summed E-state index contributed by atoms with van der Waals surface area (Å²) in [6.07, 6.45) is 2.40. The van der Waals surface area contributed by atoms with Crippen molar-refractivity contribution in [2.75, 3.05) is 40.3 Å². The summed E-state index contributed by atoms with van der Waals surface area (Å²) in [7, 11) is 4.11. The Morgan fingerprint density at radius 1 is 1.44 bits per heavy atom. The number of urea groups is 1. The van der Waals surface area contributed by atoms with Crippen LogP contribution >= 0.6 is 0 Å². The molecule has 4 heteroatoms. The number of piperidine rings is 1. The molecule has 18 heavy (non-hydrogen) atoms. The summed E-state index contributed by atoms with van der Waals surface area (Å²) in [5, 5.41) is 0. The number of hydrogen-bond acceptors (Lipinski definition) is 2. The first-order valence-electron chi connectivity index (χ1n) is 7.16. The molecule has 0 N–H and O–H groups in total. The van der Waals surface area contributed by atoms with Gasteiger partial charge >= 0.3 is 6.03 Å². The number of carbonyl (C=O) groups is 1. The van der Waals surface area contributed by atoms with Gasteiger partial charge in [-0.15, -0.1) is 0 Å². The fourth-order valence-corrected chi connectivity index (χ4v) is 2.81. The van der Waals surface area contributed by atoms with Crippen LogP contribution < -0.4 is 0 Å². The van der Waals surface area contributed by atoms with Crippen molar-refractivity contribution in [3.05, 3.63) is 0 Å². The maximum atomic E-state index is 12.5. The number of hydrogen-bond donors (Lipinski definition) is 0. The molecule has 0 aromatic carbocycles. The minimum absolute atomic E-state index is 0.221. The quantitative estimate of drug-likeness (QED) is 0.769. The molecule has 2 unspecified atom stereocenters. The van der Waals surface area contributed by atoms with Crippen molar-refractivity contribution in [2.24, 2.45) is 5.92 Å². The predicted octanol–water partition coefficient (Wildman–Crippen LogP) is 2.11. The number of amides is 2. The lowest BCUT2D eigenvalue weighted by Gasteiger charge is -2.38. The fraction of sp³-hybridized carbons (Fsp3) is 0.929. The number of rotatable bonds is 4. The second kappa shape index (κ2) is 6.98. The number of nitrogens with zero attached hydrogens (tertiary/aromatic N) is 3. The molecule has 0 spiro atoms. The Hall–Kier alpha value is -0.770. The first-order chi connectivity index (χ1) is 8.45. The van der Waals surface area contributed by atoms with Crippen LogP contribution in [0.5, 0.6) is 0 Å². The molecule has 0 aliphatic carbocycles. The maximum Gasteiger partial charge on any atom is 0.320 e. The summed E-state index contributed by atoms with van der Waals surface area (Å²) in [4.78, 5) is 18.7. The van der Waals surface area contributed by atoms with Crippen LogP contribution in [-0.4, -0.2) is 67.0 Å². The molecule has 0 radical (unpaired) electrons. The van der Waals surface area contributed by atoms with Gasteiger partial charge in [0, 0.05) is 32.2 Å². The Morgan fingerprint density at radius 3 is 2.61 bits per heavy atom. The molecular formula is C14H29N3O. The SMILES string of the molecule is CCN(C(=O)N1CCCC(C)C1)C(C)CN(C)C. The normalized spacial score (nSPS) is 22.1. The lowest BCUT2D eigenvalue weighted by atomic mass is 10.0. The second-order valence-corrected chi connectivity index (χ2v) is 5.87. The lowest BCUT2D eigenvalue weighted by Crippen LogP contribution is -2.52. The van der Waals surface area contributed by atoms with Crippen LogP contribution in [0.3, 0.4) is 0 Å². The lowest BCUT2D eigenvalue weighted by molar-refractivity contribution is 0.113. The van der Waals surface area contributed by atoms with E-state index in [9.17, 15) is 4.79 Å². The van der Waals surface area contributed by atoms with E-state index in [0.29, 0.717) is 5.92 Å². The van der Waals surface area contributed by atoms with Crippen molar-refractivity contribution in [2.45, 2.75) is 39.7 Å². The molecule has 0 saturated carbocycles. The largest absolute Gasteiger partial charge is 0.324 e. The van der Waals surface area contributed by atoms with Gasteiger partial charge in [-0.25, -0.2) is 4.79 Å². The molecule has 0 aromatic rings. The number of likely N-dealkylation sites (tertiary alicyclic amines) is 1. The molecule has 1 heterocycles. The van der Waals surface area contributed by atoms with E-state index in [0.717, 1.165) is 32.6 Å². The van der Waals surface area contributed by atoms with Crippen LogP contribution in [0.1, 0.15) is 33.6 Å². The summed E-state index contributed by atoms with van der Waals surface area (Å²) >= 11 is 0. The predicted molar refractivity (Wildman–Crippen MR) is 75.8 cm³/mol. The van der Waals surface area contributed by atoms with E-state index in [1.165, 1.54) is 6.42 Å². The van der Waals surface area contributed by atoms with Gasteiger partial charge in [0.15, 0.2) is 0 Å². The Labute approximate surface area is 112 Å². The van der Waals surface area contributed by atoms with Gasteiger partial charge in [-0.1, -0.05) is 6.92 Å². The van der Waals surface area contributed by atoms with E-state index in [1.54, 1.807) is 0 Å². The van der Waals surface area contributed by atoms with Gasteiger partial charge in [-0.05, 0) is 46.7 Å². The third-order valence-electron chi connectivity index (χ3n) is 3.68. The van der Waals surface area contributed by atoms with E-state index >= 15 is 0 Å². The molecule has 1 aliphatic heterocycles. The zero-order valence-electron chi connectivity index (χ0n) is 12.6. The van der Waals surface area contributed by atoms with Crippen LogP contribution in [0.4, 0.5) is 4.79 Å². The van der Waals surface area contributed by atoms with Crippen molar-refractivity contribution in [3.63, 3.8) is 0 Å². The molecule has 4 nitrogen and oxygen atoms in total. The zero-order chi connectivity index (χ0) is 13.7. The van der Waals surface area contributed by atoms with E-state index < -0.39 is 0 Å². The fourth-order valence-electron chi connectivity index (χ4n) is 2.81. The van der Waals surface area contributed by atoms with E-state index in [1.807, 2.05) is 9.80 Å². The Bertz CT molecular complexity index is 268. The summed E-state index contributed by atoms with van der Waals surface area (Å²) in [5.41, 5.74) is 0. The van der Waals surface area contributed by atoms with Crippen molar-refractivity contribution in [3.8, 4) is 0 Å². The van der Waals surface area contributed by atoms with Crippen molar-refractivity contribution < 1.29 is 4.79 Å². The molecule has 106 valence electrons. The minimum Gasteiger partial charge on any atom is -0.324 e. The van der Waals surface area contributed by atoms with Crippen LogP contribution in [0.25, 0.3) is 0 Å². The van der Waals surface area contributed by atoms with Gasteiger partial charge in [0.2, 0.25) is 0 Å². The van der Waals surface area contributed by atoms with Crippen LogP contribution in [-0.2, 0) is 0 Å². The highest BCUT2D eigenvalue weighted by Gasteiger charge is 2.27. The minimum atomic E-state index is 0.221. The standard InChI is InChI=1S/C14H29N3O/c1-6-17(13(3)11-15(4)5)14(18)16-9-7-8-12(2)10-16/h12-13H,6-11H2,1-5H3. The molecular weight excluding hydrogens is 226 g/mol. The molecule has 2 amide bonds. The summed E-state index contributed by atoms with van der Waals surface area (Å²) in [6, 6.07) is 0.494. The Kier molecular flexibility index (Phi) is 5.93. The van der Waals surface area contributed by atoms with Crippen LogP contribution in [0, 0.1) is 5.92 Å². The smallest absolute Gasteiger partial charge is 0.320 e. The molecule has 1 rings (SSSR count). The third-order valence-corrected chi connectivity index (χ3v) is 3.68. The topological polar surface area (TPSA) is 26.8 Å². The summed E-state index contributed by atoms with van der Waals surface area (Å²) < 4.78 is 0.